The number of hydrogen-bond donors (Lipinski definition) is 3. The average molecular weight is 473 g/mol. The molecule has 1 aliphatic carbocycles. The number of allylic oxidation sites excluding steroid dienone is 4. The summed E-state index contributed by atoms with van der Waals surface area (Å²) in [5, 5.41) is 13.5. The second-order valence-corrected chi connectivity index (χ2v) is 9.51. The van der Waals surface area contributed by atoms with Crippen molar-refractivity contribution in [3.05, 3.63) is 97.0 Å². The number of pyridine rings is 1. The van der Waals surface area contributed by atoms with Crippen LogP contribution in [0, 0.1) is 0 Å². The van der Waals surface area contributed by atoms with Gasteiger partial charge in [0.2, 0.25) is 0 Å². The van der Waals surface area contributed by atoms with Gasteiger partial charge in [-0.3, -0.25) is 10.1 Å². The summed E-state index contributed by atoms with van der Waals surface area (Å²) in [6.45, 7) is 4.88. The highest BCUT2D eigenvalue weighted by molar-refractivity contribution is 6.01. The molecule has 0 saturated heterocycles. The van der Waals surface area contributed by atoms with E-state index in [4.69, 9.17) is 0 Å². The molecule has 0 bridgehead atoms. The molecule has 3 N–H and O–H groups in total. The topological polar surface area (TPSA) is 72.6 Å². The van der Waals surface area contributed by atoms with E-state index in [0.717, 1.165) is 63.3 Å². The second kappa shape index (κ2) is 8.98. The Morgan fingerprint density at radius 2 is 1.94 bits per heavy atom. The number of nitrogens with one attached hydrogen (secondary N) is 3. The van der Waals surface area contributed by atoms with Crippen LogP contribution in [-0.4, -0.2) is 45.7 Å². The number of H-pyrrole nitrogens is 2. The molecule has 2 aromatic carbocycles. The van der Waals surface area contributed by atoms with Crippen molar-refractivity contribution in [2.75, 3.05) is 26.0 Å². The third-order valence-corrected chi connectivity index (χ3v) is 6.46. The molecule has 0 spiro atoms. The molecule has 1 aliphatic rings. The van der Waals surface area contributed by atoms with Gasteiger partial charge in [0.1, 0.15) is 5.69 Å². The Kier molecular flexibility index (Phi) is 5.51. The normalized spacial score (nSPS) is 13.1. The fourth-order valence-electron chi connectivity index (χ4n) is 4.88. The van der Waals surface area contributed by atoms with E-state index in [9.17, 15) is 0 Å². The molecule has 36 heavy (non-hydrogen) atoms. The Morgan fingerprint density at radius 3 is 2.78 bits per heavy atom. The zero-order chi connectivity index (χ0) is 24.6. The van der Waals surface area contributed by atoms with Crippen LogP contribution in [0.3, 0.4) is 0 Å². The maximum Gasteiger partial charge on any atom is 0.116 e. The number of nitrogens with zero attached hydrogens (tertiary/aromatic N) is 3. The number of hydrogen-bond acceptors (Lipinski definition) is 4. The minimum absolute atomic E-state index is 0.758. The van der Waals surface area contributed by atoms with Crippen LogP contribution in [0.1, 0.15) is 12.0 Å². The van der Waals surface area contributed by atoms with E-state index in [1.807, 2.05) is 26.5 Å². The van der Waals surface area contributed by atoms with Gasteiger partial charge in [-0.1, -0.05) is 43.0 Å². The van der Waals surface area contributed by atoms with Crippen LogP contribution in [0.4, 0.5) is 5.69 Å². The highest BCUT2D eigenvalue weighted by Gasteiger charge is 2.15. The standard InChI is InChI=1S/C30H28N6/c1-19(18-36(2)3)32-23-13-22(16-31-17-23)21-11-12-28-26(14-21)30(35-34-28)29-15-25-24(20-7-4-5-8-20)9-6-10-27(25)33-29/h4,6-17,32-33H,1,5,18H2,2-3H3,(H,34,35). The minimum atomic E-state index is 0.758. The maximum atomic E-state index is 4.68. The highest BCUT2D eigenvalue weighted by Crippen LogP contribution is 2.35. The van der Waals surface area contributed by atoms with Crippen molar-refractivity contribution < 1.29 is 0 Å². The first-order valence-corrected chi connectivity index (χ1v) is 12.1. The van der Waals surface area contributed by atoms with Crippen molar-refractivity contribution in [1.29, 1.82) is 0 Å². The fourth-order valence-corrected chi connectivity index (χ4v) is 4.88. The van der Waals surface area contributed by atoms with Gasteiger partial charge in [0, 0.05) is 40.3 Å². The summed E-state index contributed by atoms with van der Waals surface area (Å²) in [4.78, 5) is 10.1. The van der Waals surface area contributed by atoms with E-state index < -0.39 is 0 Å². The average Bonchev–Trinajstić information content (AvgIpc) is 3.62. The molecular formula is C30H28N6. The summed E-state index contributed by atoms with van der Waals surface area (Å²) in [5.74, 6) is 0. The number of aromatic amines is 2. The van der Waals surface area contributed by atoms with Crippen LogP contribution in [0.2, 0.25) is 0 Å². The lowest BCUT2D eigenvalue weighted by Crippen LogP contribution is -2.18. The molecule has 0 saturated carbocycles. The van der Waals surface area contributed by atoms with E-state index in [2.05, 4.69) is 104 Å². The first kappa shape index (κ1) is 22.1. The lowest BCUT2D eigenvalue weighted by Gasteiger charge is -2.14. The Labute approximate surface area is 210 Å². The fraction of sp³-hybridized carbons (Fsp3) is 0.133. The van der Waals surface area contributed by atoms with Crippen molar-refractivity contribution >= 4 is 33.1 Å². The highest BCUT2D eigenvalue weighted by atomic mass is 15.1. The Balaban J connectivity index is 1.37. The van der Waals surface area contributed by atoms with Crippen LogP contribution in [0.25, 0.3) is 49.9 Å². The third kappa shape index (κ3) is 4.12. The number of anilines is 1. The Hall–Kier alpha value is -4.42. The van der Waals surface area contributed by atoms with E-state index in [1.54, 1.807) is 0 Å². The number of fused-ring (bicyclic) bond motifs is 2. The summed E-state index contributed by atoms with van der Waals surface area (Å²) in [7, 11) is 4.05. The van der Waals surface area contributed by atoms with Gasteiger partial charge in [-0.15, -0.1) is 0 Å². The molecule has 0 amide bonds. The minimum Gasteiger partial charge on any atom is -0.357 e. The van der Waals surface area contributed by atoms with Crippen LogP contribution >= 0.6 is 0 Å². The van der Waals surface area contributed by atoms with Crippen molar-refractivity contribution in [1.82, 2.24) is 25.1 Å². The summed E-state index contributed by atoms with van der Waals surface area (Å²) in [6.07, 6.45) is 11.4. The quantitative estimate of drug-likeness (QED) is 0.249. The Bertz CT molecular complexity index is 1660. The molecule has 6 nitrogen and oxygen atoms in total. The maximum absolute atomic E-state index is 4.68. The van der Waals surface area contributed by atoms with Gasteiger partial charge >= 0.3 is 0 Å². The van der Waals surface area contributed by atoms with Gasteiger partial charge in [-0.05, 0) is 67.5 Å². The van der Waals surface area contributed by atoms with Gasteiger partial charge in [0.05, 0.1) is 23.1 Å². The molecule has 6 heteroatoms. The van der Waals surface area contributed by atoms with Crippen molar-refractivity contribution in [3.63, 3.8) is 0 Å². The number of likely N-dealkylation sites (N-methyl/N-ethyl adjacent to an activating group) is 1. The van der Waals surface area contributed by atoms with Crippen molar-refractivity contribution in [2.24, 2.45) is 0 Å². The molecule has 178 valence electrons. The summed E-state index contributed by atoms with van der Waals surface area (Å²) < 4.78 is 0. The monoisotopic (exact) mass is 472 g/mol. The van der Waals surface area contributed by atoms with Crippen LogP contribution in [0.15, 0.2) is 91.4 Å². The molecule has 3 aromatic heterocycles. The van der Waals surface area contributed by atoms with E-state index in [1.165, 1.54) is 16.5 Å². The van der Waals surface area contributed by atoms with E-state index >= 15 is 0 Å². The molecule has 6 rings (SSSR count). The molecule has 0 fully saturated rings. The zero-order valence-electron chi connectivity index (χ0n) is 20.5. The molecule has 0 unspecified atom stereocenters. The lowest BCUT2D eigenvalue weighted by atomic mass is 10.0. The van der Waals surface area contributed by atoms with Gasteiger partial charge in [-0.25, -0.2) is 0 Å². The first-order chi connectivity index (χ1) is 17.5. The van der Waals surface area contributed by atoms with Gasteiger partial charge in [0.15, 0.2) is 0 Å². The smallest absolute Gasteiger partial charge is 0.116 e. The summed E-state index contributed by atoms with van der Waals surface area (Å²) >= 11 is 0. The van der Waals surface area contributed by atoms with Crippen molar-refractivity contribution in [3.8, 4) is 22.5 Å². The number of aromatic nitrogens is 4. The molecular weight excluding hydrogens is 444 g/mol. The molecule has 0 radical (unpaired) electrons. The molecule has 3 heterocycles. The predicted octanol–water partition coefficient (Wildman–Crippen LogP) is 6.60. The molecule has 0 atom stereocenters. The van der Waals surface area contributed by atoms with Gasteiger partial charge in [0.25, 0.3) is 0 Å². The second-order valence-electron chi connectivity index (χ2n) is 9.51. The number of rotatable bonds is 7. The molecule has 5 aromatic rings. The van der Waals surface area contributed by atoms with Crippen LogP contribution in [-0.2, 0) is 0 Å². The molecule has 0 aliphatic heterocycles. The third-order valence-electron chi connectivity index (χ3n) is 6.46. The predicted molar refractivity (Wildman–Crippen MR) is 150 cm³/mol. The summed E-state index contributed by atoms with van der Waals surface area (Å²) in [6, 6.07) is 17.1. The Morgan fingerprint density at radius 1 is 1.03 bits per heavy atom. The SMILES string of the molecule is C=C(CN(C)C)Nc1cncc(-c2ccc3[nH]nc(-c4cc5c(C6=CCC=C6)cccc5[nH]4)c3c2)c1. The lowest BCUT2D eigenvalue weighted by molar-refractivity contribution is 0.447. The van der Waals surface area contributed by atoms with Gasteiger partial charge in [-0.2, -0.15) is 5.10 Å². The first-order valence-electron chi connectivity index (χ1n) is 12.1. The van der Waals surface area contributed by atoms with Gasteiger partial charge < -0.3 is 15.2 Å². The van der Waals surface area contributed by atoms with E-state index in [0.29, 0.717) is 0 Å². The number of benzene rings is 2. The van der Waals surface area contributed by atoms with Crippen molar-refractivity contribution in [2.45, 2.75) is 6.42 Å². The van der Waals surface area contributed by atoms with Crippen LogP contribution < -0.4 is 5.32 Å². The summed E-state index contributed by atoms with van der Waals surface area (Å²) in [5.41, 5.74) is 10.5. The largest absolute Gasteiger partial charge is 0.357 e. The van der Waals surface area contributed by atoms with E-state index in [-0.39, 0.29) is 0 Å². The van der Waals surface area contributed by atoms with Crippen LogP contribution in [0.5, 0.6) is 0 Å². The zero-order valence-corrected chi connectivity index (χ0v) is 20.5.